The number of nitrogens with zero attached hydrogens (tertiary/aromatic N) is 1. The zero-order chi connectivity index (χ0) is 14.7. The molecule has 2 aromatic rings. The van der Waals surface area contributed by atoms with Crippen LogP contribution in [0.5, 0.6) is 0 Å². The van der Waals surface area contributed by atoms with Crippen molar-refractivity contribution in [1.82, 2.24) is 4.98 Å². The molecule has 0 fully saturated rings. The molecule has 0 amide bonds. The highest BCUT2D eigenvalue weighted by molar-refractivity contribution is 9.10. The lowest BCUT2D eigenvalue weighted by atomic mass is 10.2. The van der Waals surface area contributed by atoms with E-state index >= 15 is 0 Å². The number of carbonyl (C=O) groups is 1. The van der Waals surface area contributed by atoms with Gasteiger partial charge in [-0.25, -0.2) is 9.78 Å². The van der Waals surface area contributed by atoms with E-state index in [0.29, 0.717) is 20.5 Å². The van der Waals surface area contributed by atoms with Crippen LogP contribution in [0.25, 0.3) is 0 Å². The summed E-state index contributed by atoms with van der Waals surface area (Å²) >= 11 is 16.4. The van der Waals surface area contributed by atoms with Gasteiger partial charge in [0, 0.05) is 15.1 Å². The van der Waals surface area contributed by atoms with E-state index in [1.54, 1.807) is 18.2 Å². The minimum absolute atomic E-state index is 0.232. The van der Waals surface area contributed by atoms with Crippen LogP contribution in [-0.2, 0) is 5.75 Å². The summed E-state index contributed by atoms with van der Waals surface area (Å²) in [7, 11) is 0. The van der Waals surface area contributed by atoms with Gasteiger partial charge in [-0.05, 0) is 45.8 Å². The summed E-state index contributed by atoms with van der Waals surface area (Å²) in [6.07, 6.45) is 0. The van der Waals surface area contributed by atoms with E-state index in [0.717, 1.165) is 10.5 Å². The van der Waals surface area contributed by atoms with Gasteiger partial charge in [-0.15, -0.1) is 11.8 Å². The molecule has 1 N–H and O–H groups in total. The smallest absolute Gasteiger partial charge is 0.336 e. The summed E-state index contributed by atoms with van der Waals surface area (Å²) in [6.45, 7) is 0. The quantitative estimate of drug-likeness (QED) is 0.577. The van der Waals surface area contributed by atoms with Gasteiger partial charge >= 0.3 is 5.97 Å². The number of hydrogen-bond donors (Lipinski definition) is 1. The van der Waals surface area contributed by atoms with Crippen molar-refractivity contribution in [3.8, 4) is 0 Å². The highest BCUT2D eigenvalue weighted by Crippen LogP contribution is 2.29. The van der Waals surface area contributed by atoms with Crippen LogP contribution in [-0.4, -0.2) is 16.1 Å². The third-order valence-corrected chi connectivity index (χ3v) is 4.73. The van der Waals surface area contributed by atoms with Crippen molar-refractivity contribution in [1.29, 1.82) is 0 Å². The summed E-state index contributed by atoms with van der Waals surface area (Å²) < 4.78 is 0.556. The largest absolute Gasteiger partial charge is 0.478 e. The molecule has 2 rings (SSSR count). The number of benzene rings is 1. The Labute approximate surface area is 138 Å². The molecule has 0 spiro atoms. The number of aromatic nitrogens is 1. The summed E-state index contributed by atoms with van der Waals surface area (Å²) in [4.78, 5) is 15.9. The van der Waals surface area contributed by atoms with Crippen molar-refractivity contribution in [3.05, 3.63) is 56.2 Å². The fourth-order valence-corrected chi connectivity index (χ4v) is 3.30. The number of carboxylic acids is 1. The maximum Gasteiger partial charge on any atom is 0.336 e. The Morgan fingerprint density at radius 1 is 1.30 bits per heavy atom. The first kappa shape index (κ1) is 15.6. The van der Waals surface area contributed by atoms with E-state index in [1.807, 2.05) is 12.1 Å². The Hall–Kier alpha value is -0.750. The fourth-order valence-electron chi connectivity index (χ4n) is 1.47. The average molecular weight is 393 g/mol. The maximum absolute atomic E-state index is 11.1. The number of hydrogen-bond acceptors (Lipinski definition) is 3. The van der Waals surface area contributed by atoms with Gasteiger partial charge in [-0.3, -0.25) is 0 Å². The maximum atomic E-state index is 11.1. The second-order valence-electron chi connectivity index (χ2n) is 3.82. The number of rotatable bonds is 4. The SMILES string of the molecule is O=C(O)c1cc(SCc2ccc(Cl)nc2Cl)ccc1Br. The van der Waals surface area contributed by atoms with Crippen LogP contribution in [0.15, 0.2) is 39.7 Å². The molecule has 0 atom stereocenters. The van der Waals surface area contributed by atoms with Crippen LogP contribution >= 0.6 is 50.9 Å². The topological polar surface area (TPSA) is 50.2 Å². The summed E-state index contributed by atoms with van der Waals surface area (Å²) in [5, 5.41) is 9.77. The predicted molar refractivity (Wildman–Crippen MR) is 84.9 cm³/mol. The molecule has 0 radical (unpaired) electrons. The van der Waals surface area contributed by atoms with E-state index in [9.17, 15) is 4.79 Å². The minimum Gasteiger partial charge on any atom is -0.478 e. The van der Waals surface area contributed by atoms with Crippen molar-refractivity contribution in [2.45, 2.75) is 10.6 Å². The van der Waals surface area contributed by atoms with Crippen LogP contribution < -0.4 is 0 Å². The number of halogens is 3. The molecule has 0 saturated carbocycles. The number of carboxylic acid groups (broad SMARTS) is 1. The molecule has 1 aromatic carbocycles. The fraction of sp³-hybridized carbons (Fsp3) is 0.0769. The molecule has 1 heterocycles. The molecule has 20 heavy (non-hydrogen) atoms. The number of pyridine rings is 1. The highest BCUT2D eigenvalue weighted by atomic mass is 79.9. The molecule has 0 aliphatic heterocycles. The molecule has 1 aromatic heterocycles. The van der Waals surface area contributed by atoms with Gasteiger partial charge in [-0.1, -0.05) is 29.3 Å². The van der Waals surface area contributed by atoms with E-state index in [1.165, 1.54) is 11.8 Å². The number of aromatic carboxylic acids is 1. The second kappa shape index (κ2) is 6.80. The van der Waals surface area contributed by atoms with Gasteiger partial charge in [0.15, 0.2) is 0 Å². The van der Waals surface area contributed by atoms with Gasteiger partial charge in [0.05, 0.1) is 5.56 Å². The molecule has 0 unspecified atom stereocenters. The van der Waals surface area contributed by atoms with E-state index in [2.05, 4.69) is 20.9 Å². The van der Waals surface area contributed by atoms with Crippen LogP contribution in [0.1, 0.15) is 15.9 Å². The van der Waals surface area contributed by atoms with Crippen LogP contribution in [0.2, 0.25) is 10.3 Å². The molecule has 0 aliphatic carbocycles. The van der Waals surface area contributed by atoms with E-state index < -0.39 is 5.97 Å². The highest BCUT2D eigenvalue weighted by Gasteiger charge is 2.10. The Bertz CT molecular complexity index is 667. The van der Waals surface area contributed by atoms with Crippen molar-refractivity contribution in [2.75, 3.05) is 0 Å². The molecular weight excluding hydrogens is 385 g/mol. The standard InChI is InChI=1S/C13H8BrCl2NO2S/c14-10-3-2-8(5-9(10)13(18)19)20-6-7-1-4-11(15)17-12(7)16/h1-5H,6H2,(H,18,19). The monoisotopic (exact) mass is 391 g/mol. The molecule has 0 saturated heterocycles. The third-order valence-electron chi connectivity index (χ3n) is 2.45. The molecule has 7 heteroatoms. The van der Waals surface area contributed by atoms with Gasteiger partial charge in [0.1, 0.15) is 10.3 Å². The zero-order valence-electron chi connectivity index (χ0n) is 9.94. The molecule has 3 nitrogen and oxygen atoms in total. The minimum atomic E-state index is -0.967. The summed E-state index contributed by atoms with van der Waals surface area (Å²) in [6, 6.07) is 8.66. The lowest BCUT2D eigenvalue weighted by Crippen LogP contribution is -1.97. The van der Waals surface area contributed by atoms with Crippen LogP contribution in [0, 0.1) is 0 Å². The Balaban J connectivity index is 2.15. The van der Waals surface area contributed by atoms with Crippen molar-refractivity contribution in [2.24, 2.45) is 0 Å². The zero-order valence-corrected chi connectivity index (χ0v) is 13.9. The van der Waals surface area contributed by atoms with Gasteiger partial charge in [0.2, 0.25) is 0 Å². The molecule has 0 aliphatic rings. The first-order valence-corrected chi connectivity index (χ1v) is 7.97. The third kappa shape index (κ3) is 3.88. The lowest BCUT2D eigenvalue weighted by Gasteiger charge is -2.06. The van der Waals surface area contributed by atoms with Crippen molar-refractivity contribution >= 4 is 56.9 Å². The first-order chi connectivity index (χ1) is 9.47. The van der Waals surface area contributed by atoms with Crippen LogP contribution in [0.3, 0.4) is 0 Å². The van der Waals surface area contributed by atoms with E-state index in [4.69, 9.17) is 28.3 Å². The number of thioether (sulfide) groups is 1. The lowest BCUT2D eigenvalue weighted by molar-refractivity contribution is 0.0695. The van der Waals surface area contributed by atoms with Gasteiger partial charge < -0.3 is 5.11 Å². The van der Waals surface area contributed by atoms with Gasteiger partial charge in [-0.2, -0.15) is 0 Å². The Morgan fingerprint density at radius 3 is 2.70 bits per heavy atom. The predicted octanol–water partition coefficient (Wildman–Crippen LogP) is 5.14. The van der Waals surface area contributed by atoms with Gasteiger partial charge in [0.25, 0.3) is 0 Å². The molecule has 104 valence electrons. The van der Waals surface area contributed by atoms with E-state index in [-0.39, 0.29) is 5.56 Å². The Kier molecular flexibility index (Phi) is 5.32. The Morgan fingerprint density at radius 2 is 2.05 bits per heavy atom. The molecule has 0 bridgehead atoms. The van der Waals surface area contributed by atoms with Crippen molar-refractivity contribution in [3.63, 3.8) is 0 Å². The van der Waals surface area contributed by atoms with Crippen molar-refractivity contribution < 1.29 is 9.90 Å². The van der Waals surface area contributed by atoms with Crippen LogP contribution in [0.4, 0.5) is 0 Å². The summed E-state index contributed by atoms with van der Waals surface area (Å²) in [5.41, 5.74) is 1.08. The normalized spacial score (nSPS) is 10.6. The first-order valence-electron chi connectivity index (χ1n) is 5.44. The average Bonchev–Trinajstić information content (AvgIpc) is 2.39. The molecular formula is C13H8BrCl2NO2S. The summed E-state index contributed by atoms with van der Waals surface area (Å²) in [5.74, 6) is -0.380. The second-order valence-corrected chi connectivity index (χ2v) is 6.47.